The van der Waals surface area contributed by atoms with E-state index in [4.69, 9.17) is 16.5 Å². The van der Waals surface area contributed by atoms with Crippen LogP contribution in [-0.4, -0.2) is 22.5 Å². The molecule has 1 amide bonds. The quantitative estimate of drug-likeness (QED) is 0.583. The number of imidazole rings is 1. The van der Waals surface area contributed by atoms with Gasteiger partial charge in [-0.05, 0) is 56.8 Å². The van der Waals surface area contributed by atoms with Crippen LogP contribution in [0.1, 0.15) is 39.8 Å². The highest BCUT2D eigenvalue weighted by Gasteiger charge is 2.17. The summed E-state index contributed by atoms with van der Waals surface area (Å²) in [6.45, 7) is 6.84. The van der Waals surface area contributed by atoms with Gasteiger partial charge < -0.3 is 21.4 Å². The van der Waals surface area contributed by atoms with Crippen LogP contribution in [0.15, 0.2) is 48.7 Å². The molecular formula is C23H27N5O. The van der Waals surface area contributed by atoms with Crippen molar-refractivity contribution in [2.75, 3.05) is 7.05 Å². The number of allylic oxidation sites excluding steroid dienone is 2. The second-order valence-corrected chi connectivity index (χ2v) is 6.97. The molecule has 2 aromatic carbocycles. The van der Waals surface area contributed by atoms with Crippen LogP contribution >= 0.6 is 0 Å². The number of nitrogens with one attached hydrogen (secondary N) is 1. The van der Waals surface area contributed by atoms with E-state index in [2.05, 4.69) is 22.9 Å². The van der Waals surface area contributed by atoms with E-state index < -0.39 is 0 Å². The van der Waals surface area contributed by atoms with Crippen LogP contribution in [0.25, 0.3) is 22.3 Å². The number of nitrogens with zero attached hydrogens (tertiary/aromatic N) is 2. The molecule has 0 atom stereocenters. The number of nitrogens with two attached hydrogens (primary N) is 2. The third-order valence-corrected chi connectivity index (χ3v) is 5.02. The molecule has 1 heterocycles. The van der Waals surface area contributed by atoms with Gasteiger partial charge >= 0.3 is 0 Å². The second kappa shape index (κ2) is 8.22. The molecule has 0 aliphatic rings. The van der Waals surface area contributed by atoms with Gasteiger partial charge in [0.1, 0.15) is 5.82 Å². The lowest BCUT2D eigenvalue weighted by Gasteiger charge is -2.13. The number of rotatable bonds is 5. The average Bonchev–Trinajstić information content (AvgIpc) is 3.08. The second-order valence-electron chi connectivity index (χ2n) is 6.97. The molecule has 29 heavy (non-hydrogen) atoms. The molecule has 0 fully saturated rings. The highest BCUT2D eigenvalue weighted by Crippen LogP contribution is 2.29. The predicted molar refractivity (Wildman–Crippen MR) is 119 cm³/mol. The largest absolute Gasteiger partial charge is 0.405 e. The number of hydrogen-bond acceptors (Lipinski definition) is 4. The molecule has 0 bridgehead atoms. The van der Waals surface area contributed by atoms with Gasteiger partial charge in [0.05, 0.1) is 16.7 Å². The fourth-order valence-corrected chi connectivity index (χ4v) is 3.58. The summed E-state index contributed by atoms with van der Waals surface area (Å²) in [6.07, 6.45) is 3.25. The third kappa shape index (κ3) is 3.74. The summed E-state index contributed by atoms with van der Waals surface area (Å²) in [6, 6.07) is 11.7. The predicted octanol–water partition coefficient (Wildman–Crippen LogP) is 3.33. The zero-order valence-electron chi connectivity index (χ0n) is 17.3. The molecule has 0 saturated carbocycles. The number of amides is 1. The third-order valence-electron chi connectivity index (χ3n) is 5.02. The van der Waals surface area contributed by atoms with Gasteiger partial charge in [0.25, 0.3) is 5.91 Å². The van der Waals surface area contributed by atoms with Crippen LogP contribution in [0.3, 0.4) is 0 Å². The van der Waals surface area contributed by atoms with Gasteiger partial charge in [-0.3, -0.25) is 4.79 Å². The lowest BCUT2D eigenvalue weighted by atomic mass is 9.99. The monoisotopic (exact) mass is 389 g/mol. The summed E-state index contributed by atoms with van der Waals surface area (Å²) in [5, 5.41) is 2.64. The van der Waals surface area contributed by atoms with Crippen LogP contribution in [-0.2, 0) is 6.54 Å². The first-order valence-electron chi connectivity index (χ1n) is 9.59. The Kier molecular flexibility index (Phi) is 5.73. The van der Waals surface area contributed by atoms with E-state index in [1.807, 2.05) is 32.0 Å². The molecule has 0 unspecified atom stereocenters. The molecule has 0 saturated heterocycles. The first-order valence-corrected chi connectivity index (χ1v) is 9.59. The maximum atomic E-state index is 12.0. The minimum atomic E-state index is -0.146. The Morgan fingerprint density at radius 1 is 1.21 bits per heavy atom. The van der Waals surface area contributed by atoms with Crippen molar-refractivity contribution >= 4 is 28.2 Å². The zero-order valence-corrected chi connectivity index (χ0v) is 17.3. The molecule has 0 aliphatic carbocycles. The number of benzene rings is 2. The molecule has 0 aliphatic heterocycles. The highest BCUT2D eigenvalue weighted by molar-refractivity contribution is 5.99. The molecular weight excluding hydrogens is 362 g/mol. The fourth-order valence-electron chi connectivity index (χ4n) is 3.58. The number of fused-ring (bicyclic) bond motifs is 1. The summed E-state index contributed by atoms with van der Waals surface area (Å²) in [5.74, 6) is 0.572. The van der Waals surface area contributed by atoms with Crippen LogP contribution < -0.4 is 16.8 Å². The first-order chi connectivity index (χ1) is 13.9. The van der Waals surface area contributed by atoms with Crippen LogP contribution in [0.5, 0.6) is 0 Å². The van der Waals surface area contributed by atoms with E-state index in [0.29, 0.717) is 17.8 Å². The molecule has 1 aromatic heterocycles. The minimum Gasteiger partial charge on any atom is -0.405 e. The normalized spacial score (nSPS) is 12.4. The van der Waals surface area contributed by atoms with Crippen LogP contribution in [0.2, 0.25) is 0 Å². The summed E-state index contributed by atoms with van der Waals surface area (Å²) < 4.78 is 2.08. The topological polar surface area (TPSA) is 99.0 Å². The van der Waals surface area contributed by atoms with Gasteiger partial charge in [-0.2, -0.15) is 0 Å². The maximum Gasteiger partial charge on any atom is 0.251 e. The Morgan fingerprint density at radius 2 is 1.97 bits per heavy atom. The fraction of sp³-hybridized carbons (Fsp3) is 0.217. The van der Waals surface area contributed by atoms with E-state index >= 15 is 0 Å². The van der Waals surface area contributed by atoms with E-state index in [0.717, 1.165) is 33.6 Å². The number of carbonyl (C=O) groups excluding carboxylic acids is 1. The SMILES string of the molecule is CCn1c(C(/C=C\N)=C(/N)c2ccc(C)cc2C)nc2cc(C(=O)NC)ccc21. The summed E-state index contributed by atoms with van der Waals surface area (Å²) in [5.41, 5.74) is 19.2. The van der Waals surface area contributed by atoms with Crippen molar-refractivity contribution in [1.82, 2.24) is 14.9 Å². The van der Waals surface area contributed by atoms with E-state index in [-0.39, 0.29) is 5.91 Å². The Balaban J connectivity index is 2.27. The number of carbonyl (C=O) groups is 1. The van der Waals surface area contributed by atoms with Crippen molar-refractivity contribution in [1.29, 1.82) is 0 Å². The van der Waals surface area contributed by atoms with Crippen LogP contribution in [0, 0.1) is 13.8 Å². The maximum absolute atomic E-state index is 12.0. The molecule has 0 radical (unpaired) electrons. The zero-order chi connectivity index (χ0) is 21.1. The summed E-state index contributed by atoms with van der Waals surface area (Å²) in [7, 11) is 1.61. The Morgan fingerprint density at radius 3 is 2.59 bits per heavy atom. The van der Waals surface area contributed by atoms with Crippen molar-refractivity contribution in [3.05, 3.63) is 76.8 Å². The van der Waals surface area contributed by atoms with Crippen molar-refractivity contribution in [2.24, 2.45) is 11.5 Å². The lowest BCUT2D eigenvalue weighted by molar-refractivity contribution is 0.0963. The van der Waals surface area contributed by atoms with E-state index in [1.165, 1.54) is 11.8 Å². The molecule has 150 valence electrons. The van der Waals surface area contributed by atoms with E-state index in [9.17, 15) is 4.79 Å². The Hall–Kier alpha value is -3.54. The first kappa shape index (κ1) is 20.2. The molecule has 6 heteroatoms. The Labute approximate surface area is 170 Å². The highest BCUT2D eigenvalue weighted by atomic mass is 16.1. The number of hydrogen-bond donors (Lipinski definition) is 3. The van der Waals surface area contributed by atoms with Gasteiger partial charge in [0.2, 0.25) is 0 Å². The van der Waals surface area contributed by atoms with Gasteiger partial charge in [0.15, 0.2) is 0 Å². The molecule has 0 spiro atoms. The Bertz CT molecular complexity index is 1140. The van der Waals surface area contributed by atoms with Crippen LogP contribution in [0.4, 0.5) is 0 Å². The molecule has 5 N–H and O–H groups in total. The van der Waals surface area contributed by atoms with Gasteiger partial charge in [-0.25, -0.2) is 4.98 Å². The lowest BCUT2D eigenvalue weighted by Crippen LogP contribution is -2.17. The van der Waals surface area contributed by atoms with Crippen molar-refractivity contribution in [2.45, 2.75) is 27.3 Å². The molecule has 6 nitrogen and oxygen atoms in total. The molecule has 3 aromatic rings. The van der Waals surface area contributed by atoms with Crippen molar-refractivity contribution in [3.63, 3.8) is 0 Å². The van der Waals surface area contributed by atoms with Gasteiger partial charge in [-0.1, -0.05) is 23.8 Å². The number of aromatic nitrogens is 2. The van der Waals surface area contributed by atoms with Gasteiger partial charge in [0, 0.05) is 30.3 Å². The molecule has 3 rings (SSSR count). The van der Waals surface area contributed by atoms with E-state index in [1.54, 1.807) is 25.3 Å². The number of aryl methyl sites for hydroxylation is 3. The van der Waals surface area contributed by atoms with Gasteiger partial charge in [-0.15, -0.1) is 0 Å². The average molecular weight is 390 g/mol. The summed E-state index contributed by atoms with van der Waals surface area (Å²) in [4.78, 5) is 16.8. The summed E-state index contributed by atoms with van der Waals surface area (Å²) >= 11 is 0. The van der Waals surface area contributed by atoms with Crippen molar-refractivity contribution in [3.8, 4) is 0 Å². The van der Waals surface area contributed by atoms with Crippen molar-refractivity contribution < 1.29 is 4.79 Å². The smallest absolute Gasteiger partial charge is 0.251 e. The minimum absolute atomic E-state index is 0.146. The standard InChI is InChI=1S/C23H27N5O/c1-5-28-20-9-7-16(23(29)26-4)13-19(20)27-22(28)18(10-11-24)21(25)17-8-6-14(2)12-15(17)3/h6-13H,5,24-25H2,1-4H3,(H,26,29)/b11-10-,21-18+.